The SMILES string of the molecule is C[C@H]1CN(C(=O)OC(C)(C)C)[S@@](=O)O1. The zero-order valence-corrected chi connectivity index (χ0v) is 9.59. The van der Waals surface area contributed by atoms with Crippen molar-refractivity contribution in [1.29, 1.82) is 0 Å². The predicted molar refractivity (Wildman–Crippen MR) is 51.6 cm³/mol. The molecule has 1 fully saturated rings. The van der Waals surface area contributed by atoms with Crippen LogP contribution in [-0.4, -0.2) is 32.9 Å². The van der Waals surface area contributed by atoms with E-state index in [0.717, 1.165) is 4.31 Å². The van der Waals surface area contributed by atoms with E-state index in [1.54, 1.807) is 27.7 Å². The van der Waals surface area contributed by atoms with E-state index < -0.39 is 23.0 Å². The normalized spacial score (nSPS) is 27.9. The fraction of sp³-hybridized carbons (Fsp3) is 0.875. The van der Waals surface area contributed by atoms with Gasteiger partial charge in [-0.25, -0.2) is 13.3 Å². The summed E-state index contributed by atoms with van der Waals surface area (Å²) >= 11 is -1.70. The van der Waals surface area contributed by atoms with Crippen LogP contribution >= 0.6 is 0 Å². The molecule has 6 heteroatoms. The highest BCUT2D eigenvalue weighted by molar-refractivity contribution is 7.78. The molecule has 0 saturated carbocycles. The van der Waals surface area contributed by atoms with E-state index in [1.807, 2.05) is 0 Å². The third-order valence-electron chi connectivity index (χ3n) is 1.45. The number of nitrogens with zero attached hydrogens (tertiary/aromatic N) is 1. The number of carbonyl (C=O) groups excluding carboxylic acids is 1. The van der Waals surface area contributed by atoms with Gasteiger partial charge in [-0.1, -0.05) is 0 Å². The summed E-state index contributed by atoms with van der Waals surface area (Å²) in [6.07, 6.45) is -0.802. The first-order chi connectivity index (χ1) is 6.29. The molecule has 0 unspecified atom stereocenters. The second-order valence-electron chi connectivity index (χ2n) is 4.17. The lowest BCUT2D eigenvalue weighted by Crippen LogP contribution is -2.35. The topological polar surface area (TPSA) is 55.8 Å². The van der Waals surface area contributed by atoms with Gasteiger partial charge in [0, 0.05) is 0 Å². The summed E-state index contributed by atoms with van der Waals surface area (Å²) in [5.41, 5.74) is -0.576. The van der Waals surface area contributed by atoms with E-state index >= 15 is 0 Å². The summed E-state index contributed by atoms with van der Waals surface area (Å²) in [6.45, 7) is 7.33. The molecule has 0 aromatic heterocycles. The lowest BCUT2D eigenvalue weighted by atomic mass is 10.2. The van der Waals surface area contributed by atoms with E-state index in [-0.39, 0.29) is 6.10 Å². The van der Waals surface area contributed by atoms with Crippen LogP contribution in [-0.2, 0) is 20.2 Å². The third-order valence-corrected chi connectivity index (χ3v) is 2.60. The van der Waals surface area contributed by atoms with Gasteiger partial charge in [-0.3, -0.25) is 4.18 Å². The molecule has 1 saturated heterocycles. The molecule has 0 radical (unpaired) electrons. The van der Waals surface area contributed by atoms with Gasteiger partial charge in [0.05, 0.1) is 12.6 Å². The maximum absolute atomic E-state index is 11.4. The molecule has 0 bridgehead atoms. The van der Waals surface area contributed by atoms with Gasteiger partial charge >= 0.3 is 6.09 Å². The Balaban J connectivity index is 2.58. The van der Waals surface area contributed by atoms with Crippen molar-refractivity contribution < 1.29 is 17.9 Å². The molecule has 0 aromatic carbocycles. The van der Waals surface area contributed by atoms with Crippen LogP contribution in [0.2, 0.25) is 0 Å². The van der Waals surface area contributed by atoms with Gasteiger partial charge in [0.15, 0.2) is 0 Å². The summed E-state index contributed by atoms with van der Waals surface area (Å²) in [7, 11) is 0. The lowest BCUT2D eigenvalue weighted by Gasteiger charge is -2.22. The second-order valence-corrected chi connectivity index (χ2v) is 5.23. The molecule has 0 aliphatic carbocycles. The lowest BCUT2D eigenvalue weighted by molar-refractivity contribution is 0.0403. The molecule has 0 spiro atoms. The molecular formula is C8H15NO4S. The van der Waals surface area contributed by atoms with Crippen LogP contribution in [0.1, 0.15) is 27.7 Å². The molecule has 2 atom stereocenters. The molecule has 82 valence electrons. The summed E-state index contributed by atoms with van der Waals surface area (Å²) in [4.78, 5) is 11.4. The van der Waals surface area contributed by atoms with Crippen LogP contribution in [0.5, 0.6) is 0 Å². The maximum atomic E-state index is 11.4. The Morgan fingerprint density at radius 2 is 2.14 bits per heavy atom. The highest BCUT2D eigenvalue weighted by atomic mass is 32.2. The molecule has 0 N–H and O–H groups in total. The Kier molecular flexibility index (Phi) is 3.16. The highest BCUT2D eigenvalue weighted by Crippen LogP contribution is 2.17. The van der Waals surface area contributed by atoms with Gasteiger partial charge in [-0.05, 0) is 27.7 Å². The van der Waals surface area contributed by atoms with E-state index in [1.165, 1.54) is 0 Å². The standard InChI is InChI=1S/C8H15NO4S/c1-6-5-9(14(11)13-6)7(10)12-8(2,3)4/h6H,5H2,1-4H3/t6-,14-/m0/s1. The van der Waals surface area contributed by atoms with Crippen LogP contribution in [0, 0.1) is 0 Å². The number of hydrogen-bond acceptors (Lipinski definition) is 4. The number of hydrogen-bond donors (Lipinski definition) is 0. The molecule has 0 aromatic rings. The van der Waals surface area contributed by atoms with Crippen molar-refractivity contribution in [3.8, 4) is 0 Å². The van der Waals surface area contributed by atoms with Gasteiger partial charge in [-0.2, -0.15) is 0 Å². The smallest absolute Gasteiger partial charge is 0.424 e. The zero-order chi connectivity index (χ0) is 10.9. The van der Waals surface area contributed by atoms with Gasteiger partial charge < -0.3 is 4.74 Å². The van der Waals surface area contributed by atoms with Crippen molar-refractivity contribution in [2.45, 2.75) is 39.4 Å². The van der Waals surface area contributed by atoms with Crippen LogP contribution in [0.3, 0.4) is 0 Å². The second kappa shape index (κ2) is 3.86. The summed E-state index contributed by atoms with van der Waals surface area (Å²) in [5.74, 6) is 0. The van der Waals surface area contributed by atoms with Crippen LogP contribution < -0.4 is 0 Å². The Labute approximate surface area is 86.2 Å². The first kappa shape index (κ1) is 11.5. The third kappa shape index (κ3) is 2.95. The van der Waals surface area contributed by atoms with E-state index in [9.17, 15) is 9.00 Å². The van der Waals surface area contributed by atoms with Crippen molar-refractivity contribution in [3.05, 3.63) is 0 Å². The minimum Gasteiger partial charge on any atom is -0.443 e. The fourth-order valence-electron chi connectivity index (χ4n) is 0.966. The van der Waals surface area contributed by atoms with Crippen LogP contribution in [0.4, 0.5) is 4.79 Å². The van der Waals surface area contributed by atoms with Crippen molar-refractivity contribution in [3.63, 3.8) is 0 Å². The maximum Gasteiger partial charge on any atom is 0.424 e. The van der Waals surface area contributed by atoms with Crippen molar-refractivity contribution in [1.82, 2.24) is 4.31 Å². The van der Waals surface area contributed by atoms with Gasteiger partial charge in [-0.15, -0.1) is 0 Å². The summed E-state index contributed by atoms with van der Waals surface area (Å²) in [5, 5.41) is 0. The molecular weight excluding hydrogens is 206 g/mol. The Hall–Kier alpha value is -0.620. The van der Waals surface area contributed by atoms with Crippen molar-refractivity contribution in [2.75, 3.05) is 6.54 Å². The van der Waals surface area contributed by atoms with Crippen molar-refractivity contribution >= 4 is 17.4 Å². The van der Waals surface area contributed by atoms with E-state index in [2.05, 4.69) is 0 Å². The molecule has 1 rings (SSSR count). The highest BCUT2D eigenvalue weighted by Gasteiger charge is 2.34. The van der Waals surface area contributed by atoms with Crippen LogP contribution in [0.25, 0.3) is 0 Å². The van der Waals surface area contributed by atoms with E-state index in [4.69, 9.17) is 8.92 Å². The van der Waals surface area contributed by atoms with Gasteiger partial charge in [0.25, 0.3) is 11.3 Å². The molecule has 5 nitrogen and oxygen atoms in total. The number of ether oxygens (including phenoxy) is 1. The largest absolute Gasteiger partial charge is 0.443 e. The van der Waals surface area contributed by atoms with Crippen LogP contribution in [0.15, 0.2) is 0 Å². The molecule has 1 amide bonds. The zero-order valence-electron chi connectivity index (χ0n) is 8.77. The van der Waals surface area contributed by atoms with Crippen molar-refractivity contribution in [2.24, 2.45) is 0 Å². The number of carbonyl (C=O) groups is 1. The summed E-state index contributed by atoms with van der Waals surface area (Å²) in [6, 6.07) is 0. The van der Waals surface area contributed by atoms with E-state index in [0.29, 0.717) is 6.54 Å². The average Bonchev–Trinajstić information content (AvgIpc) is 2.26. The number of amides is 1. The predicted octanol–water partition coefficient (Wildman–Crippen LogP) is 1.22. The Morgan fingerprint density at radius 1 is 1.57 bits per heavy atom. The molecule has 1 aliphatic heterocycles. The minimum atomic E-state index is -1.70. The summed E-state index contributed by atoms with van der Waals surface area (Å²) < 4.78 is 22.3. The monoisotopic (exact) mass is 221 g/mol. The Morgan fingerprint density at radius 3 is 2.50 bits per heavy atom. The fourth-order valence-corrected chi connectivity index (χ4v) is 1.90. The molecule has 1 aliphatic rings. The number of rotatable bonds is 0. The van der Waals surface area contributed by atoms with Gasteiger partial charge in [0.2, 0.25) is 0 Å². The average molecular weight is 221 g/mol. The molecule has 14 heavy (non-hydrogen) atoms. The quantitative estimate of drug-likeness (QED) is 0.617. The first-order valence-corrected chi connectivity index (χ1v) is 5.42. The molecule has 1 heterocycles. The minimum absolute atomic E-state index is 0.205. The van der Waals surface area contributed by atoms with Gasteiger partial charge in [0.1, 0.15) is 5.60 Å². The first-order valence-electron chi connectivity index (χ1n) is 4.39. The Bertz CT molecular complexity index is 261.